The number of nitriles is 2. The summed E-state index contributed by atoms with van der Waals surface area (Å²) in [5, 5.41) is 27.4. The molecular formula is C21H14N2O2. The maximum absolute atomic E-state index is 9.33. The van der Waals surface area contributed by atoms with E-state index >= 15 is 0 Å². The van der Waals surface area contributed by atoms with Gasteiger partial charge in [-0.3, -0.25) is 0 Å². The second-order valence-electron chi connectivity index (χ2n) is 5.46. The van der Waals surface area contributed by atoms with Gasteiger partial charge >= 0.3 is 0 Å². The fraction of sp³-hybridized carbons (Fsp3) is 0.0476. The number of ether oxygens (including phenoxy) is 1. The molecule has 4 nitrogen and oxygen atoms in total. The van der Waals surface area contributed by atoms with Gasteiger partial charge < -0.3 is 9.84 Å². The lowest BCUT2D eigenvalue weighted by molar-refractivity contribution is 0.424. The monoisotopic (exact) mass is 326 g/mol. The SMILES string of the molecule is N#CC(C#N)=CC1C=C(C=Cc2ccc(O)cc2)Oc2ccccc21. The van der Waals surface area contributed by atoms with Crippen molar-refractivity contribution in [2.24, 2.45) is 0 Å². The Morgan fingerprint density at radius 2 is 1.72 bits per heavy atom. The van der Waals surface area contributed by atoms with Crippen molar-refractivity contribution in [1.82, 2.24) is 0 Å². The molecule has 0 amide bonds. The van der Waals surface area contributed by atoms with Crippen molar-refractivity contribution in [3.05, 3.63) is 89.2 Å². The van der Waals surface area contributed by atoms with Crippen LogP contribution in [0.3, 0.4) is 0 Å². The van der Waals surface area contributed by atoms with Crippen molar-refractivity contribution in [2.75, 3.05) is 0 Å². The van der Waals surface area contributed by atoms with E-state index in [-0.39, 0.29) is 17.2 Å². The molecule has 2 aromatic rings. The summed E-state index contributed by atoms with van der Waals surface area (Å²) in [6.07, 6.45) is 7.20. The molecule has 1 aliphatic rings. The lowest BCUT2D eigenvalue weighted by Gasteiger charge is -2.21. The molecule has 0 bridgehead atoms. The van der Waals surface area contributed by atoms with Crippen LogP contribution in [0.4, 0.5) is 0 Å². The number of hydrogen-bond acceptors (Lipinski definition) is 4. The molecule has 3 rings (SSSR count). The molecule has 0 spiro atoms. The van der Waals surface area contributed by atoms with Crippen molar-refractivity contribution in [1.29, 1.82) is 10.5 Å². The highest BCUT2D eigenvalue weighted by atomic mass is 16.5. The van der Waals surface area contributed by atoms with Crippen LogP contribution in [-0.2, 0) is 0 Å². The lowest BCUT2D eigenvalue weighted by atomic mass is 9.93. The predicted molar refractivity (Wildman–Crippen MR) is 94.3 cm³/mol. The Hall–Kier alpha value is -3.76. The number of benzene rings is 2. The molecule has 1 unspecified atom stereocenters. The van der Waals surface area contributed by atoms with Crippen molar-refractivity contribution in [3.8, 4) is 23.6 Å². The van der Waals surface area contributed by atoms with Gasteiger partial charge in [0.1, 0.15) is 35.0 Å². The maximum Gasteiger partial charge on any atom is 0.131 e. The quantitative estimate of drug-likeness (QED) is 0.846. The summed E-state index contributed by atoms with van der Waals surface area (Å²) in [5.74, 6) is 1.33. The minimum Gasteiger partial charge on any atom is -0.508 e. The Bertz CT molecular complexity index is 939. The Kier molecular flexibility index (Phi) is 4.65. The third kappa shape index (κ3) is 3.77. The number of para-hydroxylation sites is 1. The van der Waals surface area contributed by atoms with E-state index < -0.39 is 0 Å². The molecule has 2 aromatic carbocycles. The second-order valence-corrected chi connectivity index (χ2v) is 5.46. The molecule has 25 heavy (non-hydrogen) atoms. The molecule has 0 aliphatic carbocycles. The standard InChI is InChI=1S/C21H14N2O2/c22-13-16(14-23)11-17-12-19(25-21-4-2-1-3-20(17)21)10-7-15-5-8-18(24)9-6-15/h1-12,17,24H. The first kappa shape index (κ1) is 16.1. The molecule has 1 atom stereocenters. The molecule has 1 aliphatic heterocycles. The lowest BCUT2D eigenvalue weighted by Crippen LogP contribution is -2.07. The number of phenols is 1. The van der Waals surface area contributed by atoms with Crippen molar-refractivity contribution >= 4 is 6.08 Å². The highest BCUT2D eigenvalue weighted by molar-refractivity contribution is 5.56. The summed E-state index contributed by atoms with van der Waals surface area (Å²) in [4.78, 5) is 0. The summed E-state index contributed by atoms with van der Waals surface area (Å²) in [7, 11) is 0. The maximum atomic E-state index is 9.33. The Balaban J connectivity index is 1.94. The number of allylic oxidation sites excluding steroid dienone is 4. The van der Waals surface area contributed by atoms with Crippen molar-refractivity contribution in [2.45, 2.75) is 5.92 Å². The van der Waals surface area contributed by atoms with E-state index in [1.807, 2.05) is 54.6 Å². The van der Waals surface area contributed by atoms with Gasteiger partial charge in [-0.1, -0.05) is 36.4 Å². The number of fused-ring (bicyclic) bond motifs is 1. The third-order valence-corrected chi connectivity index (χ3v) is 3.77. The van der Waals surface area contributed by atoms with Crippen LogP contribution in [0.25, 0.3) is 6.08 Å². The summed E-state index contributed by atoms with van der Waals surface area (Å²) in [5.41, 5.74) is 1.90. The average Bonchev–Trinajstić information content (AvgIpc) is 2.65. The first-order chi connectivity index (χ1) is 12.2. The van der Waals surface area contributed by atoms with Crippen LogP contribution in [0.1, 0.15) is 17.0 Å². The molecular weight excluding hydrogens is 312 g/mol. The van der Waals surface area contributed by atoms with Gasteiger partial charge in [-0.25, -0.2) is 0 Å². The Morgan fingerprint density at radius 1 is 1.00 bits per heavy atom. The smallest absolute Gasteiger partial charge is 0.131 e. The average molecular weight is 326 g/mol. The third-order valence-electron chi connectivity index (χ3n) is 3.77. The number of hydrogen-bond donors (Lipinski definition) is 1. The zero-order chi connectivity index (χ0) is 17.6. The van der Waals surface area contributed by atoms with E-state index in [0.29, 0.717) is 11.5 Å². The topological polar surface area (TPSA) is 77.0 Å². The molecule has 0 aromatic heterocycles. The van der Waals surface area contributed by atoms with E-state index in [0.717, 1.165) is 11.1 Å². The van der Waals surface area contributed by atoms with Gasteiger partial charge in [-0.15, -0.1) is 0 Å². The molecule has 120 valence electrons. The normalized spacial score (nSPS) is 15.3. The van der Waals surface area contributed by atoms with E-state index in [1.165, 1.54) is 0 Å². The zero-order valence-corrected chi connectivity index (χ0v) is 13.3. The highest BCUT2D eigenvalue weighted by Gasteiger charge is 2.19. The molecule has 4 heteroatoms. The summed E-state index contributed by atoms with van der Waals surface area (Å²) in [6.45, 7) is 0. The van der Waals surface area contributed by atoms with Crippen molar-refractivity contribution < 1.29 is 9.84 Å². The van der Waals surface area contributed by atoms with Gasteiger partial charge in [0.05, 0.1) is 0 Å². The summed E-state index contributed by atoms with van der Waals surface area (Å²) in [6, 6.07) is 18.2. The largest absolute Gasteiger partial charge is 0.508 e. The number of phenolic OH excluding ortho intramolecular Hbond substituents is 1. The van der Waals surface area contributed by atoms with Crippen LogP contribution in [0.2, 0.25) is 0 Å². The zero-order valence-electron chi connectivity index (χ0n) is 13.3. The van der Waals surface area contributed by atoms with Crippen LogP contribution in [0.5, 0.6) is 11.5 Å². The second kappa shape index (κ2) is 7.21. The van der Waals surface area contributed by atoms with Gasteiger partial charge in [-0.05, 0) is 42.0 Å². The predicted octanol–water partition coefficient (Wildman–Crippen LogP) is 4.44. The van der Waals surface area contributed by atoms with E-state index in [4.69, 9.17) is 15.3 Å². The molecule has 0 saturated heterocycles. The molecule has 1 heterocycles. The molecule has 0 fully saturated rings. The first-order valence-corrected chi connectivity index (χ1v) is 7.67. The number of aromatic hydroxyl groups is 1. The summed E-state index contributed by atoms with van der Waals surface area (Å²) < 4.78 is 5.89. The minimum atomic E-state index is -0.210. The van der Waals surface area contributed by atoms with Gasteiger partial charge in [0, 0.05) is 11.5 Å². The van der Waals surface area contributed by atoms with Crippen LogP contribution in [0, 0.1) is 22.7 Å². The van der Waals surface area contributed by atoms with E-state index in [2.05, 4.69) is 0 Å². The molecule has 1 N–H and O–H groups in total. The van der Waals surface area contributed by atoms with Crippen LogP contribution in [-0.4, -0.2) is 5.11 Å². The van der Waals surface area contributed by atoms with Crippen LogP contribution >= 0.6 is 0 Å². The van der Waals surface area contributed by atoms with Crippen LogP contribution < -0.4 is 4.74 Å². The van der Waals surface area contributed by atoms with Gasteiger partial charge in [-0.2, -0.15) is 10.5 Å². The fourth-order valence-corrected chi connectivity index (χ4v) is 2.55. The fourth-order valence-electron chi connectivity index (χ4n) is 2.55. The summed E-state index contributed by atoms with van der Waals surface area (Å²) >= 11 is 0. The van der Waals surface area contributed by atoms with Gasteiger partial charge in [0.15, 0.2) is 0 Å². The van der Waals surface area contributed by atoms with Crippen molar-refractivity contribution in [3.63, 3.8) is 0 Å². The van der Waals surface area contributed by atoms with Gasteiger partial charge in [0.25, 0.3) is 0 Å². The van der Waals surface area contributed by atoms with E-state index in [9.17, 15) is 5.11 Å². The number of nitrogens with zero attached hydrogens (tertiary/aromatic N) is 2. The number of rotatable bonds is 3. The van der Waals surface area contributed by atoms with Gasteiger partial charge in [0.2, 0.25) is 0 Å². The first-order valence-electron chi connectivity index (χ1n) is 7.67. The molecule has 0 saturated carbocycles. The Morgan fingerprint density at radius 3 is 2.44 bits per heavy atom. The van der Waals surface area contributed by atoms with E-state index in [1.54, 1.807) is 30.3 Å². The highest BCUT2D eigenvalue weighted by Crippen LogP contribution is 2.36. The molecule has 0 radical (unpaired) electrons. The minimum absolute atomic E-state index is 0.0693. The van der Waals surface area contributed by atoms with Crippen LogP contribution in [0.15, 0.2) is 78.1 Å². The Labute approximate surface area is 145 Å².